The fourth-order valence-corrected chi connectivity index (χ4v) is 2.27. The molecule has 21 heavy (non-hydrogen) atoms. The zero-order valence-corrected chi connectivity index (χ0v) is 13.6. The Morgan fingerprint density at radius 3 is 2.29 bits per heavy atom. The van der Waals surface area contributed by atoms with Crippen molar-refractivity contribution < 1.29 is 19.1 Å². The lowest BCUT2D eigenvalue weighted by molar-refractivity contribution is -0.144. The van der Waals surface area contributed by atoms with E-state index in [0.717, 1.165) is 25.9 Å². The monoisotopic (exact) mass is 300 g/mol. The summed E-state index contributed by atoms with van der Waals surface area (Å²) in [6.45, 7) is 11.3. The van der Waals surface area contributed by atoms with Crippen LogP contribution in [0, 0.1) is 0 Å². The number of amides is 2. The standard InChI is InChI=1S/C8H15NO2.C7H13NO2/c1-3-7(2)9-5-4-6-11-8(9)10;1-6(2)8-3-4-10-5-7(8)9/h7H,3-6H2,1-2H3;6H,3-5H2,1-2H3. The average molecular weight is 300 g/mol. The average Bonchev–Trinajstić information content (AvgIpc) is 2.48. The van der Waals surface area contributed by atoms with Crippen LogP contribution in [-0.4, -0.2) is 66.8 Å². The molecule has 2 aliphatic rings. The number of morpholine rings is 1. The second kappa shape index (κ2) is 8.87. The van der Waals surface area contributed by atoms with E-state index in [2.05, 4.69) is 6.92 Å². The summed E-state index contributed by atoms with van der Waals surface area (Å²) in [5, 5.41) is 0. The van der Waals surface area contributed by atoms with E-state index in [1.54, 1.807) is 4.90 Å². The highest BCUT2D eigenvalue weighted by molar-refractivity contribution is 5.78. The number of cyclic esters (lactones) is 1. The molecule has 2 amide bonds. The van der Waals surface area contributed by atoms with Crippen LogP contribution in [0.2, 0.25) is 0 Å². The highest BCUT2D eigenvalue weighted by Gasteiger charge is 2.23. The molecule has 6 nitrogen and oxygen atoms in total. The highest BCUT2D eigenvalue weighted by atomic mass is 16.6. The summed E-state index contributed by atoms with van der Waals surface area (Å²) in [7, 11) is 0. The first-order valence-corrected chi connectivity index (χ1v) is 7.78. The summed E-state index contributed by atoms with van der Waals surface area (Å²) in [6, 6.07) is 0.638. The number of nitrogens with zero attached hydrogens (tertiary/aromatic N) is 2. The van der Waals surface area contributed by atoms with E-state index in [9.17, 15) is 9.59 Å². The Bertz CT molecular complexity index is 347. The molecule has 0 bridgehead atoms. The lowest BCUT2D eigenvalue weighted by Gasteiger charge is -2.31. The summed E-state index contributed by atoms with van der Waals surface area (Å²) in [5.41, 5.74) is 0. The van der Waals surface area contributed by atoms with E-state index in [1.165, 1.54) is 0 Å². The van der Waals surface area contributed by atoms with Crippen molar-refractivity contribution in [3.05, 3.63) is 0 Å². The van der Waals surface area contributed by atoms with Gasteiger partial charge in [0.25, 0.3) is 0 Å². The Labute approximate surface area is 127 Å². The summed E-state index contributed by atoms with van der Waals surface area (Å²) < 4.78 is 9.87. The number of rotatable bonds is 3. The number of carbonyl (C=O) groups is 2. The van der Waals surface area contributed by atoms with Crippen LogP contribution < -0.4 is 0 Å². The van der Waals surface area contributed by atoms with Crippen molar-refractivity contribution in [1.82, 2.24) is 9.80 Å². The minimum atomic E-state index is -0.148. The van der Waals surface area contributed by atoms with Crippen molar-refractivity contribution in [2.45, 2.75) is 52.6 Å². The highest BCUT2D eigenvalue weighted by Crippen LogP contribution is 2.10. The third-order valence-electron chi connectivity index (χ3n) is 3.77. The van der Waals surface area contributed by atoms with Crippen LogP contribution >= 0.6 is 0 Å². The van der Waals surface area contributed by atoms with Gasteiger partial charge in [-0.2, -0.15) is 0 Å². The van der Waals surface area contributed by atoms with Gasteiger partial charge in [0.15, 0.2) is 0 Å². The lowest BCUT2D eigenvalue weighted by atomic mass is 10.2. The van der Waals surface area contributed by atoms with Gasteiger partial charge in [-0.1, -0.05) is 6.92 Å². The topological polar surface area (TPSA) is 59.1 Å². The summed E-state index contributed by atoms with van der Waals surface area (Å²) in [6.07, 6.45) is 1.82. The fourth-order valence-electron chi connectivity index (χ4n) is 2.27. The maximum Gasteiger partial charge on any atom is 0.409 e. The first-order valence-electron chi connectivity index (χ1n) is 7.78. The van der Waals surface area contributed by atoms with Crippen LogP contribution in [0.5, 0.6) is 0 Å². The van der Waals surface area contributed by atoms with Gasteiger partial charge < -0.3 is 19.3 Å². The van der Waals surface area contributed by atoms with Crippen molar-refractivity contribution in [3.63, 3.8) is 0 Å². The largest absolute Gasteiger partial charge is 0.449 e. The maximum absolute atomic E-state index is 11.1. The van der Waals surface area contributed by atoms with E-state index < -0.39 is 0 Å². The molecule has 1 atom stereocenters. The molecule has 2 fully saturated rings. The molecule has 0 radical (unpaired) electrons. The molecular weight excluding hydrogens is 272 g/mol. The van der Waals surface area contributed by atoms with Crippen LogP contribution in [0.1, 0.15) is 40.5 Å². The zero-order valence-electron chi connectivity index (χ0n) is 13.6. The number of hydrogen-bond acceptors (Lipinski definition) is 4. The van der Waals surface area contributed by atoms with Gasteiger partial charge in [0.05, 0.1) is 13.2 Å². The smallest absolute Gasteiger partial charge is 0.409 e. The van der Waals surface area contributed by atoms with Gasteiger partial charge in [-0.25, -0.2) is 4.79 Å². The van der Waals surface area contributed by atoms with Crippen LogP contribution in [-0.2, 0) is 14.3 Å². The molecule has 6 heteroatoms. The molecule has 0 aromatic heterocycles. The molecule has 0 aliphatic carbocycles. The number of ether oxygens (including phenoxy) is 2. The summed E-state index contributed by atoms with van der Waals surface area (Å²) in [4.78, 5) is 25.8. The van der Waals surface area contributed by atoms with Crippen molar-refractivity contribution in [2.75, 3.05) is 32.9 Å². The van der Waals surface area contributed by atoms with E-state index in [4.69, 9.17) is 9.47 Å². The molecule has 2 saturated heterocycles. The second-order valence-corrected chi connectivity index (χ2v) is 5.65. The zero-order chi connectivity index (χ0) is 15.8. The predicted octanol–water partition coefficient (Wildman–Crippen LogP) is 1.88. The van der Waals surface area contributed by atoms with Gasteiger partial charge >= 0.3 is 6.09 Å². The second-order valence-electron chi connectivity index (χ2n) is 5.65. The Kier molecular flexibility index (Phi) is 7.50. The van der Waals surface area contributed by atoms with Crippen LogP contribution in [0.3, 0.4) is 0 Å². The quantitative estimate of drug-likeness (QED) is 0.798. The lowest BCUT2D eigenvalue weighted by Crippen LogP contribution is -2.45. The predicted molar refractivity (Wildman–Crippen MR) is 80.1 cm³/mol. The molecule has 0 spiro atoms. The van der Waals surface area contributed by atoms with Gasteiger partial charge in [-0.05, 0) is 33.6 Å². The van der Waals surface area contributed by atoms with Crippen molar-refractivity contribution in [3.8, 4) is 0 Å². The molecule has 2 aliphatic heterocycles. The third kappa shape index (κ3) is 5.53. The number of carbonyl (C=O) groups excluding carboxylic acids is 2. The Balaban J connectivity index is 0.000000211. The molecule has 2 heterocycles. The first-order chi connectivity index (χ1) is 9.97. The van der Waals surface area contributed by atoms with Crippen molar-refractivity contribution in [1.29, 1.82) is 0 Å². The van der Waals surface area contributed by atoms with Gasteiger partial charge in [-0.15, -0.1) is 0 Å². The van der Waals surface area contributed by atoms with E-state index in [1.807, 2.05) is 25.7 Å². The normalized spacial score (nSPS) is 20.8. The Hall–Kier alpha value is -1.30. The van der Waals surface area contributed by atoms with E-state index >= 15 is 0 Å². The molecule has 2 rings (SSSR count). The fraction of sp³-hybridized carbons (Fsp3) is 0.867. The minimum absolute atomic E-state index is 0.112. The van der Waals surface area contributed by atoms with Crippen LogP contribution in [0.25, 0.3) is 0 Å². The Morgan fingerprint density at radius 1 is 1.10 bits per heavy atom. The van der Waals surface area contributed by atoms with Gasteiger partial charge in [0.1, 0.15) is 6.61 Å². The van der Waals surface area contributed by atoms with Crippen LogP contribution in [0.4, 0.5) is 4.79 Å². The molecule has 0 N–H and O–H groups in total. The molecule has 0 aromatic carbocycles. The molecule has 1 unspecified atom stereocenters. The molecule has 0 aromatic rings. The first kappa shape index (κ1) is 17.8. The molecular formula is C15H28N2O4. The minimum Gasteiger partial charge on any atom is -0.449 e. The summed E-state index contributed by atoms with van der Waals surface area (Å²) in [5.74, 6) is 0.112. The van der Waals surface area contributed by atoms with Crippen molar-refractivity contribution >= 4 is 12.0 Å². The molecule has 0 saturated carbocycles. The SMILES string of the molecule is CC(C)N1CCOCC1=O.CCC(C)N1CCCOC1=O. The summed E-state index contributed by atoms with van der Waals surface area (Å²) >= 11 is 0. The van der Waals surface area contributed by atoms with Crippen LogP contribution in [0.15, 0.2) is 0 Å². The van der Waals surface area contributed by atoms with Gasteiger partial charge in [0, 0.05) is 25.2 Å². The Morgan fingerprint density at radius 2 is 1.81 bits per heavy atom. The number of hydrogen-bond donors (Lipinski definition) is 0. The maximum atomic E-state index is 11.1. The third-order valence-corrected chi connectivity index (χ3v) is 3.77. The van der Waals surface area contributed by atoms with Crippen molar-refractivity contribution in [2.24, 2.45) is 0 Å². The van der Waals surface area contributed by atoms with E-state index in [0.29, 0.717) is 25.3 Å². The van der Waals surface area contributed by atoms with Gasteiger partial charge in [0.2, 0.25) is 5.91 Å². The molecule has 122 valence electrons. The van der Waals surface area contributed by atoms with Gasteiger partial charge in [-0.3, -0.25) is 4.79 Å². The van der Waals surface area contributed by atoms with E-state index in [-0.39, 0.29) is 18.6 Å².